The summed E-state index contributed by atoms with van der Waals surface area (Å²) in [7, 11) is 0. The second kappa shape index (κ2) is 3.64. The van der Waals surface area contributed by atoms with E-state index in [1.54, 1.807) is 0 Å². The molecule has 0 saturated carbocycles. The Hall–Kier alpha value is -1.74. The predicted octanol–water partition coefficient (Wildman–Crippen LogP) is 3.86. The fourth-order valence-corrected chi connectivity index (χ4v) is 2.21. The van der Waals surface area contributed by atoms with E-state index < -0.39 is 0 Å². The van der Waals surface area contributed by atoms with Crippen molar-refractivity contribution in [2.45, 2.75) is 13.8 Å². The smallest absolute Gasteiger partial charge is 0.182 e. The number of fused-ring (bicyclic) bond motifs is 1. The fourth-order valence-electron chi connectivity index (χ4n) is 1.98. The third-order valence-corrected chi connectivity index (χ3v) is 3.05. The number of rotatable bonds is 1. The zero-order valence-electron chi connectivity index (χ0n) is 9.57. The second-order valence-corrected chi connectivity index (χ2v) is 4.38. The van der Waals surface area contributed by atoms with Gasteiger partial charge in [-0.2, -0.15) is 0 Å². The Labute approximate surface area is 104 Å². The molecule has 0 aliphatic heterocycles. The van der Waals surface area contributed by atoms with E-state index in [-0.39, 0.29) is 0 Å². The Morgan fingerprint density at radius 2 is 2.00 bits per heavy atom. The molecule has 0 aliphatic carbocycles. The van der Waals surface area contributed by atoms with Crippen molar-refractivity contribution in [2.24, 2.45) is 0 Å². The van der Waals surface area contributed by atoms with Gasteiger partial charge in [-0.05, 0) is 38.1 Å². The summed E-state index contributed by atoms with van der Waals surface area (Å²) in [4.78, 5) is 4.37. The zero-order valence-corrected chi connectivity index (χ0v) is 10.3. The van der Waals surface area contributed by atoms with Crippen molar-refractivity contribution in [3.63, 3.8) is 0 Å². The minimum absolute atomic E-state index is 0.498. The highest BCUT2D eigenvalue weighted by Crippen LogP contribution is 2.28. The van der Waals surface area contributed by atoms with Crippen molar-refractivity contribution in [1.82, 2.24) is 9.38 Å². The van der Waals surface area contributed by atoms with Crippen LogP contribution in [0.2, 0.25) is 5.15 Å². The maximum atomic E-state index is 6.13. The maximum Gasteiger partial charge on any atom is 0.182 e. The van der Waals surface area contributed by atoms with Crippen molar-refractivity contribution in [2.75, 3.05) is 0 Å². The largest absolute Gasteiger partial charge is 0.458 e. The van der Waals surface area contributed by atoms with Gasteiger partial charge in [0, 0.05) is 5.69 Å². The minimum atomic E-state index is 0.498. The topological polar surface area (TPSA) is 30.4 Å². The highest BCUT2D eigenvalue weighted by atomic mass is 35.5. The lowest BCUT2D eigenvalue weighted by Crippen LogP contribution is -1.92. The number of aromatic nitrogens is 2. The highest BCUT2D eigenvalue weighted by Gasteiger charge is 2.14. The Morgan fingerprint density at radius 1 is 1.18 bits per heavy atom. The number of furan rings is 1. The first kappa shape index (κ1) is 10.4. The first-order chi connectivity index (χ1) is 8.16. The molecule has 3 aromatic rings. The predicted molar refractivity (Wildman–Crippen MR) is 67.4 cm³/mol. The van der Waals surface area contributed by atoms with Gasteiger partial charge in [0.25, 0.3) is 0 Å². The Bertz CT molecular complexity index is 697. The van der Waals surface area contributed by atoms with Crippen LogP contribution in [-0.4, -0.2) is 9.38 Å². The molecular formula is C13H11ClN2O. The van der Waals surface area contributed by atoms with Crippen molar-refractivity contribution in [3.8, 4) is 11.6 Å². The van der Waals surface area contributed by atoms with Crippen molar-refractivity contribution in [3.05, 3.63) is 46.9 Å². The summed E-state index contributed by atoms with van der Waals surface area (Å²) in [6, 6.07) is 9.76. The molecule has 0 radical (unpaired) electrons. The molecule has 0 unspecified atom stereocenters. The maximum absolute atomic E-state index is 6.13. The molecule has 0 saturated heterocycles. The zero-order chi connectivity index (χ0) is 12.0. The fraction of sp³-hybridized carbons (Fsp3) is 0.154. The molecular weight excluding hydrogens is 236 g/mol. The Balaban J connectivity index is 2.37. The quantitative estimate of drug-likeness (QED) is 0.653. The summed E-state index contributed by atoms with van der Waals surface area (Å²) in [6.07, 6.45) is 0. The first-order valence-electron chi connectivity index (χ1n) is 5.37. The van der Waals surface area contributed by atoms with Gasteiger partial charge in [-0.1, -0.05) is 17.7 Å². The van der Waals surface area contributed by atoms with Crippen LogP contribution in [0.3, 0.4) is 0 Å². The van der Waals surface area contributed by atoms with Crippen LogP contribution < -0.4 is 0 Å². The van der Waals surface area contributed by atoms with Gasteiger partial charge in [0.2, 0.25) is 0 Å². The lowest BCUT2D eigenvalue weighted by atomic mass is 10.3. The number of aryl methyl sites for hydroxylation is 2. The SMILES string of the molecule is Cc1ccc(-c2nc(Cl)c3cccc(C)n23)o1. The third-order valence-electron chi connectivity index (χ3n) is 2.77. The molecule has 3 aromatic heterocycles. The van der Waals surface area contributed by atoms with E-state index in [0.717, 1.165) is 28.6 Å². The molecule has 0 bridgehead atoms. The number of hydrogen-bond acceptors (Lipinski definition) is 2. The van der Waals surface area contributed by atoms with Gasteiger partial charge in [0.1, 0.15) is 5.76 Å². The van der Waals surface area contributed by atoms with E-state index in [4.69, 9.17) is 16.0 Å². The van der Waals surface area contributed by atoms with E-state index in [9.17, 15) is 0 Å². The highest BCUT2D eigenvalue weighted by molar-refractivity contribution is 6.32. The van der Waals surface area contributed by atoms with Crippen molar-refractivity contribution >= 4 is 17.1 Å². The van der Waals surface area contributed by atoms with Gasteiger partial charge in [-0.25, -0.2) is 4.98 Å². The number of pyridine rings is 1. The van der Waals surface area contributed by atoms with E-state index in [2.05, 4.69) is 4.98 Å². The molecule has 4 heteroatoms. The molecule has 0 spiro atoms. The van der Waals surface area contributed by atoms with Gasteiger partial charge >= 0.3 is 0 Å². The summed E-state index contributed by atoms with van der Waals surface area (Å²) in [6.45, 7) is 3.93. The molecule has 0 aromatic carbocycles. The monoisotopic (exact) mass is 246 g/mol. The number of hydrogen-bond donors (Lipinski definition) is 0. The van der Waals surface area contributed by atoms with Crippen LogP contribution in [0.4, 0.5) is 0 Å². The normalized spacial score (nSPS) is 11.2. The molecule has 3 heterocycles. The molecule has 0 aliphatic rings. The lowest BCUT2D eigenvalue weighted by molar-refractivity contribution is 0.543. The van der Waals surface area contributed by atoms with Crippen LogP contribution in [-0.2, 0) is 0 Å². The van der Waals surface area contributed by atoms with Crippen molar-refractivity contribution < 1.29 is 4.42 Å². The van der Waals surface area contributed by atoms with Crippen LogP contribution >= 0.6 is 11.6 Å². The van der Waals surface area contributed by atoms with Crippen LogP contribution in [0.15, 0.2) is 34.7 Å². The summed E-state index contributed by atoms with van der Waals surface area (Å²) in [5, 5.41) is 0.498. The van der Waals surface area contributed by atoms with Crippen LogP contribution in [0.5, 0.6) is 0 Å². The molecule has 0 fully saturated rings. The van der Waals surface area contributed by atoms with Gasteiger partial charge in [-0.3, -0.25) is 4.40 Å². The summed E-state index contributed by atoms with van der Waals surface area (Å²) >= 11 is 6.13. The van der Waals surface area contributed by atoms with E-state index in [0.29, 0.717) is 5.15 Å². The van der Waals surface area contributed by atoms with Gasteiger partial charge in [-0.15, -0.1) is 0 Å². The molecule has 17 heavy (non-hydrogen) atoms. The van der Waals surface area contributed by atoms with Crippen molar-refractivity contribution in [1.29, 1.82) is 0 Å². The molecule has 0 atom stereocenters. The minimum Gasteiger partial charge on any atom is -0.458 e. The standard InChI is InChI=1S/C13H11ClN2O/c1-8-4-3-5-10-12(14)15-13(16(8)10)11-7-6-9(2)17-11/h3-7H,1-2H3. The molecule has 0 amide bonds. The van der Waals surface area contributed by atoms with E-state index in [1.165, 1.54) is 0 Å². The molecule has 3 nitrogen and oxygen atoms in total. The van der Waals surface area contributed by atoms with Gasteiger partial charge in [0.15, 0.2) is 16.7 Å². The van der Waals surface area contributed by atoms with Gasteiger partial charge in [0.05, 0.1) is 5.52 Å². The number of imidazole rings is 1. The van der Waals surface area contributed by atoms with E-state index >= 15 is 0 Å². The van der Waals surface area contributed by atoms with Crippen LogP contribution in [0.25, 0.3) is 17.1 Å². The summed E-state index contributed by atoms with van der Waals surface area (Å²) in [5.74, 6) is 2.34. The first-order valence-corrected chi connectivity index (χ1v) is 5.75. The Morgan fingerprint density at radius 3 is 2.71 bits per heavy atom. The lowest BCUT2D eigenvalue weighted by Gasteiger charge is -2.02. The third kappa shape index (κ3) is 1.54. The Kier molecular flexibility index (Phi) is 2.23. The average molecular weight is 247 g/mol. The van der Waals surface area contributed by atoms with Crippen LogP contribution in [0, 0.1) is 13.8 Å². The molecule has 3 rings (SSSR count). The molecule has 0 N–H and O–H groups in total. The summed E-state index contributed by atoms with van der Waals surface area (Å²) in [5.41, 5.74) is 1.97. The van der Waals surface area contributed by atoms with E-state index in [1.807, 2.05) is 48.6 Å². The number of nitrogens with zero attached hydrogens (tertiary/aromatic N) is 2. The van der Waals surface area contributed by atoms with Crippen LogP contribution in [0.1, 0.15) is 11.5 Å². The number of halogens is 1. The molecule has 86 valence electrons. The average Bonchev–Trinajstić information content (AvgIpc) is 2.85. The van der Waals surface area contributed by atoms with Gasteiger partial charge < -0.3 is 4.42 Å². The summed E-state index contributed by atoms with van der Waals surface area (Å²) < 4.78 is 7.60. The second-order valence-electron chi connectivity index (χ2n) is 4.02.